The van der Waals surface area contributed by atoms with Gasteiger partial charge >= 0.3 is 0 Å². The Morgan fingerprint density at radius 2 is 2.17 bits per heavy atom. The molecule has 0 unspecified atom stereocenters. The minimum absolute atomic E-state index is 0.217. The molecule has 0 bridgehead atoms. The summed E-state index contributed by atoms with van der Waals surface area (Å²) in [4.78, 5) is 10.8. The van der Waals surface area contributed by atoms with Gasteiger partial charge in [0.1, 0.15) is 5.78 Å². The Morgan fingerprint density at radius 3 is 2.67 bits per heavy atom. The van der Waals surface area contributed by atoms with Gasteiger partial charge in [-0.25, -0.2) is 0 Å². The van der Waals surface area contributed by atoms with Crippen molar-refractivity contribution in [2.75, 3.05) is 0 Å². The normalized spacial score (nSPS) is 9.92. The summed E-state index contributed by atoms with van der Waals surface area (Å²) < 4.78 is 1.23. The molecule has 0 fully saturated rings. The molecule has 1 aromatic carbocycles. The largest absolute Gasteiger partial charge is 0.300 e. The Kier molecular flexibility index (Phi) is 3.26. The van der Waals surface area contributed by atoms with Crippen LogP contribution >= 0.6 is 22.6 Å². The zero-order valence-corrected chi connectivity index (χ0v) is 9.38. The number of hydrogen-bond acceptors (Lipinski definition) is 1. The van der Waals surface area contributed by atoms with Gasteiger partial charge in [0.15, 0.2) is 0 Å². The highest BCUT2D eigenvalue weighted by Gasteiger charge is 1.99. The molecule has 0 N–H and O–H groups in total. The van der Waals surface area contributed by atoms with E-state index in [-0.39, 0.29) is 5.78 Å². The lowest BCUT2D eigenvalue weighted by Crippen LogP contribution is -1.96. The van der Waals surface area contributed by atoms with E-state index in [4.69, 9.17) is 0 Å². The lowest BCUT2D eigenvalue weighted by molar-refractivity contribution is -0.116. The molecule has 1 aromatic rings. The summed E-state index contributed by atoms with van der Waals surface area (Å²) in [6, 6.07) is 6.14. The number of ketones is 1. The number of benzene rings is 1. The summed E-state index contributed by atoms with van der Waals surface area (Å²) in [5, 5.41) is 0. The van der Waals surface area contributed by atoms with Crippen LogP contribution in [0.1, 0.15) is 18.1 Å². The zero-order valence-electron chi connectivity index (χ0n) is 7.23. The first-order valence-corrected chi connectivity index (χ1v) is 4.92. The molecular formula is C10H11IO. The molecule has 0 aliphatic heterocycles. The van der Waals surface area contributed by atoms with Gasteiger partial charge in [0.2, 0.25) is 0 Å². The lowest BCUT2D eigenvalue weighted by atomic mass is 10.1. The Hall–Kier alpha value is -0.380. The van der Waals surface area contributed by atoms with Crippen molar-refractivity contribution in [1.82, 2.24) is 0 Å². The molecule has 64 valence electrons. The Balaban J connectivity index is 2.89. The van der Waals surface area contributed by atoms with Crippen LogP contribution in [0.25, 0.3) is 0 Å². The fraction of sp³-hybridized carbons (Fsp3) is 0.300. The van der Waals surface area contributed by atoms with Crippen LogP contribution in [0.15, 0.2) is 18.2 Å². The molecule has 2 heteroatoms. The van der Waals surface area contributed by atoms with Gasteiger partial charge in [0, 0.05) is 9.99 Å². The molecule has 0 aliphatic rings. The van der Waals surface area contributed by atoms with Gasteiger partial charge in [-0.05, 0) is 53.6 Å². The van der Waals surface area contributed by atoms with E-state index in [1.807, 2.05) is 6.07 Å². The van der Waals surface area contributed by atoms with Gasteiger partial charge < -0.3 is 0 Å². The third-order valence-electron chi connectivity index (χ3n) is 1.69. The molecule has 0 heterocycles. The predicted octanol–water partition coefficient (Wildman–Crippen LogP) is 2.73. The van der Waals surface area contributed by atoms with Crippen LogP contribution in [0.2, 0.25) is 0 Å². The topological polar surface area (TPSA) is 17.1 Å². The monoisotopic (exact) mass is 274 g/mol. The summed E-state index contributed by atoms with van der Waals surface area (Å²) in [7, 11) is 0. The maximum absolute atomic E-state index is 10.8. The van der Waals surface area contributed by atoms with Gasteiger partial charge in [0.25, 0.3) is 0 Å². The average molecular weight is 274 g/mol. The first-order valence-electron chi connectivity index (χ1n) is 3.84. The van der Waals surface area contributed by atoms with Crippen molar-refractivity contribution in [2.24, 2.45) is 0 Å². The standard InChI is InChI=1S/C10H11IO/c1-7-3-4-9(5-8(2)12)6-10(7)11/h3-4,6H,5H2,1-2H3. The summed E-state index contributed by atoms with van der Waals surface area (Å²) >= 11 is 2.29. The van der Waals surface area contributed by atoms with Crippen molar-refractivity contribution >= 4 is 28.4 Å². The molecule has 0 saturated heterocycles. The van der Waals surface area contributed by atoms with E-state index in [1.165, 1.54) is 9.13 Å². The highest BCUT2D eigenvalue weighted by molar-refractivity contribution is 14.1. The maximum Gasteiger partial charge on any atom is 0.134 e. The van der Waals surface area contributed by atoms with Crippen LogP contribution in [-0.4, -0.2) is 5.78 Å². The highest BCUT2D eigenvalue weighted by atomic mass is 127. The fourth-order valence-electron chi connectivity index (χ4n) is 1.03. The highest BCUT2D eigenvalue weighted by Crippen LogP contribution is 2.13. The van der Waals surface area contributed by atoms with Crippen molar-refractivity contribution in [2.45, 2.75) is 20.3 Å². The van der Waals surface area contributed by atoms with Crippen molar-refractivity contribution in [3.8, 4) is 0 Å². The van der Waals surface area contributed by atoms with Gasteiger partial charge in [0.05, 0.1) is 0 Å². The van der Waals surface area contributed by atoms with E-state index in [2.05, 4.69) is 41.6 Å². The molecule has 0 amide bonds. The molecule has 0 saturated carbocycles. The number of aryl methyl sites for hydroxylation is 1. The number of carbonyl (C=O) groups is 1. The van der Waals surface area contributed by atoms with E-state index >= 15 is 0 Å². The van der Waals surface area contributed by atoms with Gasteiger partial charge in [-0.15, -0.1) is 0 Å². The lowest BCUT2D eigenvalue weighted by Gasteiger charge is -2.01. The van der Waals surface area contributed by atoms with E-state index in [1.54, 1.807) is 6.92 Å². The molecule has 0 atom stereocenters. The molecule has 0 aromatic heterocycles. The number of halogens is 1. The molecular weight excluding hydrogens is 263 g/mol. The van der Waals surface area contributed by atoms with Crippen LogP contribution in [0, 0.1) is 10.5 Å². The van der Waals surface area contributed by atoms with Gasteiger partial charge in [-0.1, -0.05) is 12.1 Å². The van der Waals surface area contributed by atoms with E-state index in [0.29, 0.717) is 6.42 Å². The minimum Gasteiger partial charge on any atom is -0.300 e. The molecule has 1 rings (SSSR count). The molecule has 0 spiro atoms. The Bertz CT molecular complexity index is 305. The molecule has 12 heavy (non-hydrogen) atoms. The number of hydrogen-bond donors (Lipinski definition) is 0. The van der Waals surface area contributed by atoms with Gasteiger partial charge in [-0.2, -0.15) is 0 Å². The van der Waals surface area contributed by atoms with E-state index in [0.717, 1.165) is 5.56 Å². The quantitative estimate of drug-likeness (QED) is 0.758. The third kappa shape index (κ3) is 2.59. The number of carbonyl (C=O) groups excluding carboxylic acids is 1. The van der Waals surface area contributed by atoms with Crippen LogP contribution in [-0.2, 0) is 11.2 Å². The Labute approximate surface area is 86.3 Å². The van der Waals surface area contributed by atoms with Crippen molar-refractivity contribution in [3.05, 3.63) is 32.9 Å². The second-order valence-corrected chi connectivity index (χ2v) is 4.12. The molecule has 0 radical (unpaired) electrons. The smallest absolute Gasteiger partial charge is 0.134 e. The zero-order chi connectivity index (χ0) is 9.14. The van der Waals surface area contributed by atoms with Crippen molar-refractivity contribution < 1.29 is 4.79 Å². The van der Waals surface area contributed by atoms with Crippen LogP contribution in [0.5, 0.6) is 0 Å². The predicted molar refractivity (Wildman–Crippen MR) is 58.3 cm³/mol. The summed E-state index contributed by atoms with van der Waals surface area (Å²) in [5.74, 6) is 0.217. The second kappa shape index (κ2) is 4.03. The summed E-state index contributed by atoms with van der Waals surface area (Å²) in [5.41, 5.74) is 2.38. The fourth-order valence-corrected chi connectivity index (χ4v) is 1.61. The van der Waals surface area contributed by atoms with Crippen LogP contribution in [0.3, 0.4) is 0 Å². The number of Topliss-reactive ketones (excluding diaryl/α,β-unsaturated/α-hetero) is 1. The molecule has 1 nitrogen and oxygen atoms in total. The van der Waals surface area contributed by atoms with E-state index < -0.39 is 0 Å². The first-order chi connectivity index (χ1) is 5.59. The first kappa shape index (κ1) is 9.71. The summed E-state index contributed by atoms with van der Waals surface area (Å²) in [6.45, 7) is 3.69. The van der Waals surface area contributed by atoms with Crippen LogP contribution < -0.4 is 0 Å². The number of rotatable bonds is 2. The molecule has 0 aliphatic carbocycles. The van der Waals surface area contributed by atoms with E-state index in [9.17, 15) is 4.79 Å². The average Bonchev–Trinajstić information content (AvgIpc) is 1.96. The maximum atomic E-state index is 10.8. The summed E-state index contributed by atoms with van der Waals surface area (Å²) in [6.07, 6.45) is 0.552. The minimum atomic E-state index is 0.217. The SMILES string of the molecule is CC(=O)Cc1ccc(C)c(I)c1. The van der Waals surface area contributed by atoms with Gasteiger partial charge in [-0.3, -0.25) is 4.79 Å². The Morgan fingerprint density at radius 1 is 1.50 bits per heavy atom. The van der Waals surface area contributed by atoms with Crippen molar-refractivity contribution in [3.63, 3.8) is 0 Å². The second-order valence-electron chi connectivity index (χ2n) is 2.96. The van der Waals surface area contributed by atoms with Crippen molar-refractivity contribution in [1.29, 1.82) is 0 Å². The third-order valence-corrected chi connectivity index (χ3v) is 2.85. The van der Waals surface area contributed by atoms with Crippen LogP contribution in [0.4, 0.5) is 0 Å².